The number of ether oxygens (including phenoxy) is 2. The molecule has 0 amide bonds. The third kappa shape index (κ3) is 24.5. The van der Waals surface area contributed by atoms with Crippen molar-refractivity contribution in [3.05, 3.63) is 48.6 Å². The van der Waals surface area contributed by atoms with Crippen molar-refractivity contribution in [3.63, 3.8) is 0 Å². The Morgan fingerprint density at radius 3 is 1.74 bits per heavy atom. The van der Waals surface area contributed by atoms with E-state index in [4.69, 9.17) is 9.47 Å². The van der Waals surface area contributed by atoms with Crippen LogP contribution >= 0.6 is 0 Å². The number of rotatable bonds is 24. The smallest absolute Gasteiger partial charge is 0.305 e. The zero-order valence-corrected chi connectivity index (χ0v) is 24.0. The standard InChI is InChI=1S/C31H52O8/c1-3-5-7-10-16-22-30(36)38-24-27(33)25-39-31(37)23-17-21-29(35)28(34)20-15-12-9-8-11-14-19-26(32)18-13-6-4-2/h8-9,11-12,14-15,19-20,26-29,32-35H,3-7,10,13,16-18,21-25H2,1-2H3/b11-8-,12-9+,19-14+,20-15+/t26-,27-,28-,29-/m1/s1. The third-order valence-electron chi connectivity index (χ3n) is 5.93. The molecule has 0 saturated carbocycles. The number of hydrogen-bond acceptors (Lipinski definition) is 8. The molecule has 0 spiro atoms. The van der Waals surface area contributed by atoms with Gasteiger partial charge in [0.1, 0.15) is 19.3 Å². The fourth-order valence-electron chi connectivity index (χ4n) is 3.52. The van der Waals surface area contributed by atoms with Crippen LogP contribution in [-0.4, -0.2) is 70.0 Å². The van der Waals surface area contributed by atoms with Crippen molar-refractivity contribution < 1.29 is 39.5 Å². The lowest BCUT2D eigenvalue weighted by molar-refractivity contribution is -0.152. The van der Waals surface area contributed by atoms with Gasteiger partial charge in [-0.2, -0.15) is 0 Å². The number of aliphatic hydroxyl groups is 4. The molecule has 39 heavy (non-hydrogen) atoms. The predicted molar refractivity (Wildman–Crippen MR) is 154 cm³/mol. The van der Waals surface area contributed by atoms with Gasteiger partial charge in [0.2, 0.25) is 0 Å². The first-order chi connectivity index (χ1) is 18.8. The summed E-state index contributed by atoms with van der Waals surface area (Å²) in [5.41, 5.74) is 0. The van der Waals surface area contributed by atoms with Crippen LogP contribution in [0.3, 0.4) is 0 Å². The minimum absolute atomic E-state index is 0.0310. The Balaban J connectivity index is 3.97. The minimum atomic E-state index is -1.09. The van der Waals surface area contributed by atoms with Crippen LogP contribution in [-0.2, 0) is 19.1 Å². The van der Waals surface area contributed by atoms with Gasteiger partial charge in [0.15, 0.2) is 0 Å². The van der Waals surface area contributed by atoms with E-state index in [-0.39, 0.29) is 32.0 Å². The van der Waals surface area contributed by atoms with Gasteiger partial charge in [-0.15, -0.1) is 0 Å². The Morgan fingerprint density at radius 2 is 1.13 bits per heavy atom. The molecule has 4 atom stereocenters. The quantitative estimate of drug-likeness (QED) is 0.0759. The molecule has 0 aliphatic carbocycles. The summed E-state index contributed by atoms with van der Waals surface area (Å²) < 4.78 is 9.99. The molecule has 0 heterocycles. The summed E-state index contributed by atoms with van der Waals surface area (Å²) in [7, 11) is 0. The van der Waals surface area contributed by atoms with Crippen LogP contribution in [0.25, 0.3) is 0 Å². The monoisotopic (exact) mass is 552 g/mol. The van der Waals surface area contributed by atoms with Gasteiger partial charge in [-0.3, -0.25) is 9.59 Å². The Morgan fingerprint density at radius 1 is 0.615 bits per heavy atom. The van der Waals surface area contributed by atoms with Crippen LogP contribution in [0.1, 0.15) is 97.3 Å². The van der Waals surface area contributed by atoms with Gasteiger partial charge in [0.05, 0.1) is 18.3 Å². The molecular weight excluding hydrogens is 500 g/mol. The van der Waals surface area contributed by atoms with Crippen molar-refractivity contribution in [2.75, 3.05) is 13.2 Å². The average Bonchev–Trinajstić information content (AvgIpc) is 2.91. The Labute approximate surface area is 235 Å². The van der Waals surface area contributed by atoms with Crippen molar-refractivity contribution in [1.29, 1.82) is 0 Å². The molecule has 0 bridgehead atoms. The number of carbonyl (C=O) groups excluding carboxylic acids is 2. The van der Waals surface area contributed by atoms with Gasteiger partial charge in [0.25, 0.3) is 0 Å². The highest BCUT2D eigenvalue weighted by Crippen LogP contribution is 2.09. The fourth-order valence-corrected chi connectivity index (χ4v) is 3.52. The zero-order chi connectivity index (χ0) is 29.1. The first-order valence-electron chi connectivity index (χ1n) is 14.5. The maximum Gasteiger partial charge on any atom is 0.305 e. The van der Waals surface area contributed by atoms with Crippen LogP contribution in [0.2, 0.25) is 0 Å². The van der Waals surface area contributed by atoms with Crippen LogP contribution in [0.15, 0.2) is 48.6 Å². The first kappa shape index (κ1) is 36.7. The molecule has 0 aromatic carbocycles. The first-order valence-corrected chi connectivity index (χ1v) is 14.5. The number of aliphatic hydroxyl groups excluding tert-OH is 4. The van der Waals surface area contributed by atoms with Crippen molar-refractivity contribution in [2.45, 2.75) is 122 Å². The molecule has 0 aliphatic heterocycles. The van der Waals surface area contributed by atoms with E-state index in [1.54, 1.807) is 42.5 Å². The molecular formula is C31H52O8. The van der Waals surface area contributed by atoms with Gasteiger partial charge in [-0.1, -0.05) is 107 Å². The maximum atomic E-state index is 11.8. The molecule has 0 saturated heterocycles. The van der Waals surface area contributed by atoms with Crippen molar-refractivity contribution in [1.82, 2.24) is 0 Å². The van der Waals surface area contributed by atoms with Gasteiger partial charge < -0.3 is 29.9 Å². The molecule has 0 unspecified atom stereocenters. The largest absolute Gasteiger partial charge is 0.463 e. The highest BCUT2D eigenvalue weighted by atomic mass is 16.6. The molecule has 0 aliphatic rings. The number of hydrogen-bond donors (Lipinski definition) is 4. The van der Waals surface area contributed by atoms with Crippen molar-refractivity contribution in [3.8, 4) is 0 Å². The molecule has 0 radical (unpaired) electrons. The van der Waals surface area contributed by atoms with E-state index in [2.05, 4.69) is 13.8 Å². The normalized spacial score (nSPS) is 15.3. The highest BCUT2D eigenvalue weighted by Gasteiger charge is 2.15. The summed E-state index contributed by atoms with van der Waals surface area (Å²) >= 11 is 0. The molecule has 0 aromatic rings. The van der Waals surface area contributed by atoms with Crippen LogP contribution in [0, 0.1) is 0 Å². The molecule has 0 aromatic heterocycles. The summed E-state index contributed by atoms with van der Waals surface area (Å²) in [5.74, 6) is -0.905. The van der Waals surface area contributed by atoms with E-state index < -0.39 is 30.4 Å². The van der Waals surface area contributed by atoms with Crippen molar-refractivity contribution >= 4 is 11.9 Å². The topological polar surface area (TPSA) is 134 Å². The van der Waals surface area contributed by atoms with E-state index in [9.17, 15) is 30.0 Å². The number of esters is 2. The van der Waals surface area contributed by atoms with Crippen molar-refractivity contribution in [2.24, 2.45) is 0 Å². The molecule has 0 fully saturated rings. The second-order valence-corrected chi connectivity index (χ2v) is 9.74. The summed E-state index contributed by atoms with van der Waals surface area (Å²) in [6, 6.07) is 0. The van der Waals surface area contributed by atoms with Crippen LogP contribution < -0.4 is 0 Å². The molecule has 8 nitrogen and oxygen atoms in total. The van der Waals surface area contributed by atoms with Gasteiger partial charge in [-0.05, 0) is 25.7 Å². The SMILES string of the molecule is CCCCCCCC(=O)OC[C@@H](O)COC(=O)CCC[C@@H](O)[C@H](O)/C=C/C=C/C=C\C=C\[C@H](O)CCCCC. The van der Waals surface area contributed by atoms with Gasteiger partial charge >= 0.3 is 11.9 Å². The Kier molecular flexibility index (Phi) is 24.5. The van der Waals surface area contributed by atoms with Crippen LogP contribution in [0.5, 0.6) is 0 Å². The number of allylic oxidation sites excluding steroid dienone is 6. The second-order valence-electron chi connectivity index (χ2n) is 9.74. The van der Waals surface area contributed by atoms with Gasteiger partial charge in [0, 0.05) is 12.8 Å². The van der Waals surface area contributed by atoms with E-state index in [1.807, 2.05) is 0 Å². The lowest BCUT2D eigenvalue weighted by Crippen LogP contribution is -2.26. The lowest BCUT2D eigenvalue weighted by atomic mass is 10.1. The average molecular weight is 553 g/mol. The number of carbonyl (C=O) groups is 2. The van der Waals surface area contributed by atoms with E-state index in [0.29, 0.717) is 12.8 Å². The highest BCUT2D eigenvalue weighted by molar-refractivity contribution is 5.69. The maximum absolute atomic E-state index is 11.8. The molecule has 4 N–H and O–H groups in total. The second kappa shape index (κ2) is 26.0. The van der Waals surface area contributed by atoms with E-state index >= 15 is 0 Å². The fraction of sp³-hybridized carbons (Fsp3) is 0.677. The summed E-state index contributed by atoms with van der Waals surface area (Å²) in [6.45, 7) is 3.76. The van der Waals surface area contributed by atoms with E-state index in [0.717, 1.165) is 57.8 Å². The molecule has 224 valence electrons. The molecule has 8 heteroatoms. The summed E-state index contributed by atoms with van der Waals surface area (Å²) in [4.78, 5) is 23.5. The Hall–Kier alpha value is -2.26. The minimum Gasteiger partial charge on any atom is -0.463 e. The van der Waals surface area contributed by atoms with Gasteiger partial charge in [-0.25, -0.2) is 0 Å². The predicted octanol–water partition coefficient (Wildman–Crippen LogP) is 4.85. The summed E-state index contributed by atoms with van der Waals surface area (Å²) in [6.07, 6.45) is 20.1. The third-order valence-corrected chi connectivity index (χ3v) is 5.93. The Bertz CT molecular complexity index is 728. The lowest BCUT2D eigenvalue weighted by Gasteiger charge is -2.14. The zero-order valence-electron chi connectivity index (χ0n) is 24.0. The van der Waals surface area contributed by atoms with Crippen LogP contribution in [0.4, 0.5) is 0 Å². The number of unbranched alkanes of at least 4 members (excludes halogenated alkanes) is 6. The van der Waals surface area contributed by atoms with E-state index in [1.165, 1.54) is 6.08 Å². The molecule has 0 rings (SSSR count). The summed E-state index contributed by atoms with van der Waals surface area (Å²) in [5, 5.41) is 39.7.